The molecule has 0 bridgehead atoms. The number of methoxy groups -OCH3 is 1. The molecule has 1 aromatic carbocycles. The highest BCUT2D eigenvalue weighted by Gasteiger charge is 2.15. The van der Waals surface area contributed by atoms with Crippen molar-refractivity contribution in [3.8, 4) is 5.75 Å². The Hall–Kier alpha value is -1.58. The zero-order valence-corrected chi connectivity index (χ0v) is 10.1. The van der Waals surface area contributed by atoms with Gasteiger partial charge in [-0.05, 0) is 18.2 Å². The number of nitrogens with zero attached hydrogens (tertiary/aromatic N) is 1. The smallest absolute Gasteiger partial charge is 0.125 e. The van der Waals surface area contributed by atoms with Gasteiger partial charge in [-0.1, -0.05) is 29.8 Å². The molecule has 17 heavy (non-hydrogen) atoms. The standard InChI is InChI=1S/C13H12ClNO2/c1-17-12-5-3-2-4-10(12)13(16)11-7-6-9(14)8-15-11/h2-8,13,16H,1H3. The lowest BCUT2D eigenvalue weighted by Gasteiger charge is -2.14. The van der Waals surface area contributed by atoms with Crippen LogP contribution in [-0.4, -0.2) is 17.2 Å². The van der Waals surface area contributed by atoms with Crippen LogP contribution in [0.1, 0.15) is 17.4 Å². The van der Waals surface area contributed by atoms with E-state index in [0.717, 1.165) is 0 Å². The third kappa shape index (κ3) is 2.57. The minimum atomic E-state index is -0.816. The molecule has 2 rings (SSSR count). The quantitative estimate of drug-likeness (QED) is 0.910. The molecule has 1 N–H and O–H groups in total. The predicted octanol–water partition coefficient (Wildman–Crippen LogP) is 2.83. The number of ether oxygens (including phenoxy) is 1. The van der Waals surface area contributed by atoms with E-state index in [0.29, 0.717) is 22.0 Å². The normalized spacial score (nSPS) is 12.2. The second-order valence-electron chi connectivity index (χ2n) is 3.55. The van der Waals surface area contributed by atoms with E-state index < -0.39 is 6.10 Å². The van der Waals surface area contributed by atoms with Gasteiger partial charge in [-0.15, -0.1) is 0 Å². The number of aliphatic hydroxyl groups is 1. The van der Waals surface area contributed by atoms with Gasteiger partial charge in [-0.2, -0.15) is 0 Å². The maximum atomic E-state index is 10.2. The van der Waals surface area contributed by atoms with E-state index in [1.807, 2.05) is 12.1 Å². The summed E-state index contributed by atoms with van der Waals surface area (Å²) in [5, 5.41) is 10.8. The Morgan fingerprint density at radius 1 is 1.24 bits per heavy atom. The molecule has 0 spiro atoms. The summed E-state index contributed by atoms with van der Waals surface area (Å²) in [6.07, 6.45) is 0.693. The van der Waals surface area contributed by atoms with Crippen molar-refractivity contribution in [3.05, 3.63) is 58.9 Å². The summed E-state index contributed by atoms with van der Waals surface area (Å²) in [4.78, 5) is 4.09. The average Bonchev–Trinajstić information content (AvgIpc) is 2.39. The Bertz CT molecular complexity index is 499. The van der Waals surface area contributed by atoms with Gasteiger partial charge in [-0.3, -0.25) is 4.98 Å². The first-order valence-electron chi connectivity index (χ1n) is 5.15. The molecule has 1 aromatic heterocycles. The molecular weight excluding hydrogens is 238 g/mol. The summed E-state index contributed by atoms with van der Waals surface area (Å²) >= 11 is 5.75. The average molecular weight is 250 g/mol. The molecule has 1 unspecified atom stereocenters. The van der Waals surface area contributed by atoms with Crippen LogP contribution in [0.25, 0.3) is 0 Å². The highest BCUT2D eigenvalue weighted by atomic mass is 35.5. The summed E-state index contributed by atoms with van der Waals surface area (Å²) < 4.78 is 5.20. The third-order valence-electron chi connectivity index (χ3n) is 2.46. The predicted molar refractivity (Wildman–Crippen MR) is 66.3 cm³/mol. The number of aromatic nitrogens is 1. The fourth-order valence-electron chi connectivity index (χ4n) is 1.60. The van der Waals surface area contributed by atoms with Crippen LogP contribution in [0.3, 0.4) is 0 Å². The molecule has 0 saturated heterocycles. The molecule has 0 amide bonds. The number of hydrogen-bond donors (Lipinski definition) is 1. The number of rotatable bonds is 3. The topological polar surface area (TPSA) is 42.4 Å². The lowest BCUT2D eigenvalue weighted by atomic mass is 10.1. The lowest BCUT2D eigenvalue weighted by Crippen LogP contribution is -2.04. The van der Waals surface area contributed by atoms with E-state index in [-0.39, 0.29) is 0 Å². The van der Waals surface area contributed by atoms with E-state index in [2.05, 4.69) is 4.98 Å². The molecule has 88 valence electrons. The maximum absolute atomic E-state index is 10.2. The van der Waals surface area contributed by atoms with Crippen LogP contribution in [0.15, 0.2) is 42.6 Å². The highest BCUT2D eigenvalue weighted by Crippen LogP contribution is 2.28. The first kappa shape index (κ1) is 11.9. The number of hydrogen-bond acceptors (Lipinski definition) is 3. The van der Waals surface area contributed by atoms with Crippen molar-refractivity contribution in [2.24, 2.45) is 0 Å². The molecule has 3 nitrogen and oxygen atoms in total. The minimum absolute atomic E-state index is 0.541. The second-order valence-corrected chi connectivity index (χ2v) is 3.98. The molecule has 0 radical (unpaired) electrons. The molecule has 1 heterocycles. The first-order chi connectivity index (χ1) is 8.22. The highest BCUT2D eigenvalue weighted by molar-refractivity contribution is 6.30. The molecular formula is C13H12ClNO2. The Balaban J connectivity index is 2.36. The molecule has 1 atom stereocenters. The van der Waals surface area contributed by atoms with Gasteiger partial charge in [0.1, 0.15) is 11.9 Å². The second kappa shape index (κ2) is 5.17. The molecule has 0 aliphatic carbocycles. The molecule has 0 fully saturated rings. The summed E-state index contributed by atoms with van der Waals surface area (Å²) in [6, 6.07) is 10.7. The van der Waals surface area contributed by atoms with Crippen LogP contribution < -0.4 is 4.74 Å². The maximum Gasteiger partial charge on any atom is 0.125 e. The summed E-state index contributed by atoms with van der Waals surface area (Å²) in [6.45, 7) is 0. The van der Waals surface area contributed by atoms with Gasteiger partial charge in [0, 0.05) is 11.8 Å². The van der Waals surface area contributed by atoms with E-state index >= 15 is 0 Å². The van der Waals surface area contributed by atoms with Gasteiger partial charge in [0.2, 0.25) is 0 Å². The molecule has 0 aliphatic rings. The fraction of sp³-hybridized carbons (Fsp3) is 0.154. The van der Waals surface area contributed by atoms with Crippen LogP contribution in [0, 0.1) is 0 Å². The minimum Gasteiger partial charge on any atom is -0.496 e. The van der Waals surface area contributed by atoms with Crippen LogP contribution in [0.5, 0.6) is 5.75 Å². The van der Waals surface area contributed by atoms with E-state index in [4.69, 9.17) is 16.3 Å². The zero-order chi connectivity index (χ0) is 12.3. The van der Waals surface area contributed by atoms with Crippen molar-refractivity contribution in [2.45, 2.75) is 6.10 Å². The van der Waals surface area contributed by atoms with Gasteiger partial charge < -0.3 is 9.84 Å². The van der Waals surface area contributed by atoms with Gasteiger partial charge in [0.25, 0.3) is 0 Å². The van der Waals surface area contributed by atoms with Crippen LogP contribution >= 0.6 is 11.6 Å². The summed E-state index contributed by atoms with van der Waals surface area (Å²) in [5.41, 5.74) is 1.23. The fourth-order valence-corrected chi connectivity index (χ4v) is 1.71. The zero-order valence-electron chi connectivity index (χ0n) is 9.30. The van der Waals surface area contributed by atoms with Crippen molar-refractivity contribution < 1.29 is 9.84 Å². The molecule has 2 aromatic rings. The Labute approximate surface area is 105 Å². The van der Waals surface area contributed by atoms with Crippen molar-refractivity contribution >= 4 is 11.6 Å². The molecule has 0 saturated carbocycles. The first-order valence-corrected chi connectivity index (χ1v) is 5.52. The van der Waals surface area contributed by atoms with Gasteiger partial charge >= 0.3 is 0 Å². The number of benzene rings is 1. The van der Waals surface area contributed by atoms with Crippen molar-refractivity contribution in [1.29, 1.82) is 0 Å². The Morgan fingerprint density at radius 2 is 2.00 bits per heavy atom. The van der Waals surface area contributed by atoms with Crippen LogP contribution in [0.4, 0.5) is 0 Å². The number of aliphatic hydroxyl groups excluding tert-OH is 1. The van der Waals surface area contributed by atoms with Gasteiger partial charge in [0.05, 0.1) is 17.8 Å². The Kier molecular flexibility index (Phi) is 3.61. The monoisotopic (exact) mass is 249 g/mol. The van der Waals surface area contributed by atoms with Crippen molar-refractivity contribution in [2.75, 3.05) is 7.11 Å². The van der Waals surface area contributed by atoms with E-state index in [1.54, 1.807) is 31.4 Å². The van der Waals surface area contributed by atoms with Crippen molar-refractivity contribution in [3.63, 3.8) is 0 Å². The molecule has 4 heteroatoms. The number of pyridine rings is 1. The molecule has 0 aliphatic heterocycles. The van der Waals surface area contributed by atoms with Gasteiger partial charge in [-0.25, -0.2) is 0 Å². The number of halogens is 1. The lowest BCUT2D eigenvalue weighted by molar-refractivity contribution is 0.210. The van der Waals surface area contributed by atoms with Crippen molar-refractivity contribution in [1.82, 2.24) is 4.98 Å². The third-order valence-corrected chi connectivity index (χ3v) is 2.69. The summed E-state index contributed by atoms with van der Waals surface area (Å²) in [5.74, 6) is 0.636. The van der Waals surface area contributed by atoms with Crippen LogP contribution in [0.2, 0.25) is 5.02 Å². The van der Waals surface area contributed by atoms with Crippen LogP contribution in [-0.2, 0) is 0 Å². The largest absolute Gasteiger partial charge is 0.496 e. The van der Waals surface area contributed by atoms with E-state index in [1.165, 1.54) is 6.20 Å². The number of para-hydroxylation sites is 1. The Morgan fingerprint density at radius 3 is 2.65 bits per heavy atom. The SMILES string of the molecule is COc1ccccc1C(O)c1ccc(Cl)cn1. The summed E-state index contributed by atoms with van der Waals surface area (Å²) in [7, 11) is 1.57. The van der Waals surface area contributed by atoms with E-state index in [9.17, 15) is 5.11 Å². The van der Waals surface area contributed by atoms with Gasteiger partial charge in [0.15, 0.2) is 0 Å².